The zero-order valence-electron chi connectivity index (χ0n) is 17.5. The van der Waals surface area contributed by atoms with Crippen molar-refractivity contribution in [2.24, 2.45) is 0 Å². The molecule has 2 aromatic carbocycles. The zero-order valence-corrected chi connectivity index (χ0v) is 18.3. The summed E-state index contributed by atoms with van der Waals surface area (Å²) in [6, 6.07) is 17.3. The molecule has 1 fully saturated rings. The number of nitrogens with zero attached hydrogens (tertiary/aromatic N) is 3. The Morgan fingerprint density at radius 1 is 1.03 bits per heavy atom. The van der Waals surface area contributed by atoms with Crippen molar-refractivity contribution < 1.29 is 4.74 Å². The molecule has 1 N–H and O–H groups in total. The Balaban J connectivity index is 1.40. The molecule has 2 aliphatic rings. The number of nitrogens with one attached hydrogen (secondary N) is 1. The molecule has 6 rings (SSSR count). The van der Waals surface area contributed by atoms with Gasteiger partial charge in [0.15, 0.2) is 11.0 Å². The van der Waals surface area contributed by atoms with E-state index in [9.17, 15) is 0 Å². The maximum atomic E-state index is 5.99. The molecule has 4 aromatic rings. The average molecular weight is 431 g/mol. The molecule has 31 heavy (non-hydrogen) atoms. The standard InChI is InChI=1S/C25H26N4OS/c1-2-10-19-17(7-1)8-5-13-23(19)31-25-28-27-24(29(25)16-18-9-6-14-30-18)21-15-26-22-12-4-3-11-20(21)22/h1-4,7,10-12,15,18,23,26H,5-6,8-9,13-14,16H2. The lowest BCUT2D eigenvalue weighted by molar-refractivity contribution is 0.0953. The van der Waals surface area contributed by atoms with Gasteiger partial charge in [-0.25, -0.2) is 0 Å². The van der Waals surface area contributed by atoms with Crippen LogP contribution < -0.4 is 0 Å². The maximum Gasteiger partial charge on any atom is 0.192 e. The van der Waals surface area contributed by atoms with Gasteiger partial charge < -0.3 is 9.72 Å². The summed E-state index contributed by atoms with van der Waals surface area (Å²) < 4.78 is 8.29. The third-order valence-electron chi connectivity index (χ3n) is 6.52. The number of aryl methyl sites for hydroxylation is 1. The normalized spacial score (nSPS) is 20.9. The third-order valence-corrected chi connectivity index (χ3v) is 7.81. The van der Waals surface area contributed by atoms with E-state index < -0.39 is 0 Å². The molecule has 0 saturated carbocycles. The van der Waals surface area contributed by atoms with Crippen molar-refractivity contribution >= 4 is 22.7 Å². The van der Waals surface area contributed by atoms with E-state index in [-0.39, 0.29) is 6.10 Å². The summed E-state index contributed by atoms with van der Waals surface area (Å²) in [5, 5.41) is 12.0. The minimum atomic E-state index is 0.234. The quantitative estimate of drug-likeness (QED) is 0.436. The van der Waals surface area contributed by atoms with Crippen LogP contribution in [0, 0.1) is 0 Å². The van der Waals surface area contributed by atoms with E-state index >= 15 is 0 Å². The molecule has 3 heterocycles. The molecule has 0 amide bonds. The van der Waals surface area contributed by atoms with Gasteiger partial charge in [-0.1, -0.05) is 54.2 Å². The molecule has 5 nitrogen and oxygen atoms in total. The van der Waals surface area contributed by atoms with Crippen LogP contribution in [0.15, 0.2) is 59.9 Å². The molecule has 0 spiro atoms. The molecule has 2 aromatic heterocycles. The van der Waals surface area contributed by atoms with E-state index in [0.717, 1.165) is 48.1 Å². The lowest BCUT2D eigenvalue weighted by atomic mass is 9.91. The first kappa shape index (κ1) is 19.1. The first-order chi connectivity index (χ1) is 15.4. The van der Waals surface area contributed by atoms with Gasteiger partial charge in [0.2, 0.25) is 0 Å². The van der Waals surface area contributed by atoms with Gasteiger partial charge in [0, 0.05) is 34.5 Å². The lowest BCUT2D eigenvalue weighted by Crippen LogP contribution is -2.17. The predicted octanol–water partition coefficient (Wildman–Crippen LogP) is 5.78. The summed E-state index contributed by atoms with van der Waals surface area (Å²) >= 11 is 1.86. The van der Waals surface area contributed by atoms with E-state index in [1.807, 2.05) is 11.8 Å². The molecular formula is C25H26N4OS. The Kier molecular flexibility index (Phi) is 5.04. The highest BCUT2D eigenvalue weighted by molar-refractivity contribution is 7.99. The minimum Gasteiger partial charge on any atom is -0.376 e. The first-order valence-electron chi connectivity index (χ1n) is 11.2. The summed E-state index contributed by atoms with van der Waals surface area (Å²) in [6.45, 7) is 1.66. The van der Waals surface area contributed by atoms with Gasteiger partial charge in [-0.2, -0.15) is 0 Å². The minimum absolute atomic E-state index is 0.234. The van der Waals surface area contributed by atoms with E-state index in [1.165, 1.54) is 35.8 Å². The van der Waals surface area contributed by atoms with Crippen LogP contribution in [0.25, 0.3) is 22.3 Å². The Bertz CT molecular complexity index is 1210. The van der Waals surface area contributed by atoms with Crippen LogP contribution in [-0.2, 0) is 17.7 Å². The van der Waals surface area contributed by atoms with Gasteiger partial charge in [-0.15, -0.1) is 10.2 Å². The Hall–Kier alpha value is -2.57. The van der Waals surface area contributed by atoms with Crippen molar-refractivity contribution in [1.82, 2.24) is 19.7 Å². The van der Waals surface area contributed by atoms with Crippen LogP contribution in [0.5, 0.6) is 0 Å². The van der Waals surface area contributed by atoms with Gasteiger partial charge in [0.25, 0.3) is 0 Å². The molecule has 0 bridgehead atoms. The van der Waals surface area contributed by atoms with Crippen molar-refractivity contribution in [2.75, 3.05) is 6.61 Å². The van der Waals surface area contributed by atoms with Crippen LogP contribution in [-0.4, -0.2) is 32.5 Å². The number of hydrogen-bond donors (Lipinski definition) is 1. The van der Waals surface area contributed by atoms with Gasteiger partial charge in [-0.05, 0) is 49.3 Å². The molecule has 1 aliphatic carbocycles. The number of ether oxygens (including phenoxy) is 1. The Morgan fingerprint density at radius 3 is 2.87 bits per heavy atom. The number of aromatic nitrogens is 4. The van der Waals surface area contributed by atoms with E-state index in [2.05, 4.69) is 69.4 Å². The smallest absolute Gasteiger partial charge is 0.192 e. The van der Waals surface area contributed by atoms with Gasteiger partial charge >= 0.3 is 0 Å². The van der Waals surface area contributed by atoms with E-state index in [4.69, 9.17) is 9.84 Å². The highest BCUT2D eigenvalue weighted by Gasteiger charge is 2.27. The lowest BCUT2D eigenvalue weighted by Gasteiger charge is -2.25. The molecule has 1 saturated heterocycles. The predicted molar refractivity (Wildman–Crippen MR) is 124 cm³/mol. The Labute approximate surface area is 186 Å². The molecule has 2 atom stereocenters. The number of hydrogen-bond acceptors (Lipinski definition) is 4. The highest BCUT2D eigenvalue weighted by atomic mass is 32.2. The number of rotatable bonds is 5. The molecule has 2 unspecified atom stereocenters. The largest absolute Gasteiger partial charge is 0.376 e. The number of benzene rings is 2. The highest BCUT2D eigenvalue weighted by Crippen LogP contribution is 2.44. The van der Waals surface area contributed by atoms with Crippen molar-refractivity contribution in [2.45, 2.75) is 55.2 Å². The van der Waals surface area contributed by atoms with Crippen LogP contribution in [0.2, 0.25) is 0 Å². The third kappa shape index (κ3) is 3.58. The van der Waals surface area contributed by atoms with Crippen LogP contribution in [0.4, 0.5) is 0 Å². The second kappa shape index (κ2) is 8.17. The SMILES string of the molecule is c1ccc2c(c1)CCCC2Sc1nnc(-c2c[nH]c3ccccc23)n1CC1CCCO1. The fraction of sp³-hybridized carbons (Fsp3) is 0.360. The summed E-state index contributed by atoms with van der Waals surface area (Å²) in [6.07, 6.45) is 8.11. The van der Waals surface area contributed by atoms with Crippen molar-refractivity contribution in [3.8, 4) is 11.4 Å². The monoisotopic (exact) mass is 430 g/mol. The number of fused-ring (bicyclic) bond motifs is 2. The number of para-hydroxylation sites is 1. The van der Waals surface area contributed by atoms with Crippen molar-refractivity contribution in [1.29, 1.82) is 0 Å². The number of H-pyrrole nitrogens is 1. The zero-order chi connectivity index (χ0) is 20.6. The van der Waals surface area contributed by atoms with E-state index in [1.54, 1.807) is 0 Å². The fourth-order valence-electron chi connectivity index (χ4n) is 4.95. The number of aromatic amines is 1. The molecule has 0 radical (unpaired) electrons. The molecular weight excluding hydrogens is 404 g/mol. The summed E-state index contributed by atoms with van der Waals surface area (Å²) in [5.41, 5.74) is 5.17. The van der Waals surface area contributed by atoms with Gasteiger partial charge in [0.1, 0.15) is 0 Å². The summed E-state index contributed by atoms with van der Waals surface area (Å²) in [4.78, 5) is 3.39. The molecule has 6 heteroatoms. The Morgan fingerprint density at radius 2 is 1.94 bits per heavy atom. The second-order valence-electron chi connectivity index (χ2n) is 8.50. The van der Waals surface area contributed by atoms with Crippen LogP contribution in [0.1, 0.15) is 42.1 Å². The summed E-state index contributed by atoms with van der Waals surface area (Å²) in [7, 11) is 0. The van der Waals surface area contributed by atoms with Crippen LogP contribution in [0.3, 0.4) is 0 Å². The molecule has 158 valence electrons. The first-order valence-corrected chi connectivity index (χ1v) is 12.1. The fourth-order valence-corrected chi connectivity index (χ4v) is 6.22. The van der Waals surface area contributed by atoms with Crippen LogP contribution >= 0.6 is 11.8 Å². The molecule has 1 aliphatic heterocycles. The maximum absolute atomic E-state index is 5.99. The van der Waals surface area contributed by atoms with Crippen molar-refractivity contribution in [3.63, 3.8) is 0 Å². The van der Waals surface area contributed by atoms with Crippen molar-refractivity contribution in [3.05, 3.63) is 65.9 Å². The summed E-state index contributed by atoms with van der Waals surface area (Å²) in [5.74, 6) is 0.930. The second-order valence-corrected chi connectivity index (χ2v) is 9.67. The average Bonchev–Trinajstić information content (AvgIpc) is 3.55. The van der Waals surface area contributed by atoms with Gasteiger partial charge in [-0.3, -0.25) is 4.57 Å². The topological polar surface area (TPSA) is 55.7 Å². The van der Waals surface area contributed by atoms with E-state index in [0.29, 0.717) is 5.25 Å². The van der Waals surface area contributed by atoms with Gasteiger partial charge in [0.05, 0.1) is 12.6 Å². The number of thioether (sulfide) groups is 1.